The molecule has 0 radical (unpaired) electrons. The summed E-state index contributed by atoms with van der Waals surface area (Å²) in [6.45, 7) is 1.87. The Kier molecular flexibility index (Phi) is 2.75. The van der Waals surface area contributed by atoms with Crippen LogP contribution in [0.1, 0.15) is 48.9 Å². The highest BCUT2D eigenvalue weighted by Gasteiger charge is 2.23. The number of carbonyl (C=O) groups is 1. The van der Waals surface area contributed by atoms with Crippen molar-refractivity contribution in [2.24, 2.45) is 0 Å². The monoisotopic (exact) mass is 209 g/mol. The Morgan fingerprint density at radius 1 is 1.53 bits per heavy atom. The molecule has 15 heavy (non-hydrogen) atoms. The second kappa shape index (κ2) is 4.04. The van der Waals surface area contributed by atoms with Crippen molar-refractivity contribution in [1.82, 2.24) is 4.98 Å². The molecule has 0 aromatic carbocycles. The summed E-state index contributed by atoms with van der Waals surface area (Å²) in [6, 6.07) is 0. The summed E-state index contributed by atoms with van der Waals surface area (Å²) in [4.78, 5) is 14.8. The Labute approximate surface area is 88.3 Å². The Bertz CT molecular complexity index is 364. The minimum Gasteiger partial charge on any atom is -0.481 e. The average Bonchev–Trinajstić information content (AvgIpc) is 2.72. The minimum atomic E-state index is -0.894. The number of carboxylic acids is 1. The van der Waals surface area contributed by atoms with E-state index in [1.807, 2.05) is 6.92 Å². The molecule has 0 atom stereocenters. The van der Waals surface area contributed by atoms with Crippen molar-refractivity contribution in [1.29, 1.82) is 0 Å². The third kappa shape index (κ3) is 2.19. The van der Waals surface area contributed by atoms with Crippen LogP contribution in [0.25, 0.3) is 0 Å². The van der Waals surface area contributed by atoms with Gasteiger partial charge >= 0.3 is 5.97 Å². The fourth-order valence-corrected chi connectivity index (χ4v) is 2.25. The summed E-state index contributed by atoms with van der Waals surface area (Å²) in [5, 5.41) is 8.63. The summed E-state index contributed by atoms with van der Waals surface area (Å²) in [5.74, 6) is 0.713. The lowest BCUT2D eigenvalue weighted by atomic mass is 10.0. The Morgan fingerprint density at radius 2 is 2.20 bits per heavy atom. The van der Waals surface area contributed by atoms with Gasteiger partial charge < -0.3 is 9.52 Å². The van der Waals surface area contributed by atoms with Crippen molar-refractivity contribution in [3.63, 3.8) is 0 Å². The number of aliphatic carboxylic acids is 1. The molecule has 4 heteroatoms. The second-order valence-electron chi connectivity index (χ2n) is 4.10. The lowest BCUT2D eigenvalue weighted by Gasteiger charge is -2.03. The number of nitrogens with zero attached hydrogens (tertiary/aromatic N) is 1. The standard InChI is InChI=1S/C11H15NO3/c1-7-11(8-4-2-3-5-8)12-9(15-7)6-10(13)14/h8H,2-6H2,1H3,(H,13,14). The molecule has 1 aromatic rings. The molecule has 1 N–H and O–H groups in total. The molecule has 1 heterocycles. The van der Waals surface area contributed by atoms with Crippen LogP contribution in [0, 0.1) is 6.92 Å². The topological polar surface area (TPSA) is 63.3 Å². The summed E-state index contributed by atoms with van der Waals surface area (Å²) in [6.07, 6.45) is 4.67. The first-order valence-electron chi connectivity index (χ1n) is 5.35. The highest BCUT2D eigenvalue weighted by atomic mass is 16.4. The smallest absolute Gasteiger partial charge is 0.312 e. The van der Waals surface area contributed by atoms with Crippen LogP contribution >= 0.6 is 0 Å². The van der Waals surface area contributed by atoms with Crippen LogP contribution < -0.4 is 0 Å². The van der Waals surface area contributed by atoms with E-state index in [4.69, 9.17) is 9.52 Å². The number of oxazole rings is 1. The zero-order valence-corrected chi connectivity index (χ0v) is 8.82. The summed E-state index contributed by atoms with van der Waals surface area (Å²) in [7, 11) is 0. The molecule has 1 aliphatic rings. The molecule has 1 saturated carbocycles. The summed E-state index contributed by atoms with van der Waals surface area (Å²) >= 11 is 0. The maximum absolute atomic E-state index is 10.5. The molecule has 0 spiro atoms. The Morgan fingerprint density at radius 3 is 2.80 bits per heavy atom. The van der Waals surface area contributed by atoms with Crippen molar-refractivity contribution in [3.05, 3.63) is 17.3 Å². The second-order valence-corrected chi connectivity index (χ2v) is 4.10. The third-order valence-corrected chi connectivity index (χ3v) is 2.92. The van der Waals surface area contributed by atoms with Crippen molar-refractivity contribution < 1.29 is 14.3 Å². The normalized spacial score (nSPS) is 17.1. The maximum Gasteiger partial charge on any atom is 0.312 e. The zero-order chi connectivity index (χ0) is 10.8. The van der Waals surface area contributed by atoms with Crippen LogP contribution in [0.3, 0.4) is 0 Å². The van der Waals surface area contributed by atoms with E-state index in [0.717, 1.165) is 24.3 Å². The van der Waals surface area contributed by atoms with E-state index in [1.54, 1.807) is 0 Å². The van der Waals surface area contributed by atoms with Crippen LogP contribution in [0.2, 0.25) is 0 Å². The van der Waals surface area contributed by atoms with E-state index in [2.05, 4.69) is 4.98 Å². The van der Waals surface area contributed by atoms with Crippen LogP contribution in [0.15, 0.2) is 4.42 Å². The molecule has 0 aliphatic heterocycles. The quantitative estimate of drug-likeness (QED) is 0.829. The first-order valence-corrected chi connectivity index (χ1v) is 5.35. The molecule has 4 nitrogen and oxygen atoms in total. The molecule has 1 fully saturated rings. The van der Waals surface area contributed by atoms with Gasteiger partial charge in [0.15, 0.2) is 0 Å². The average molecular weight is 209 g/mol. The van der Waals surface area contributed by atoms with Gasteiger partial charge in [0.2, 0.25) is 5.89 Å². The van der Waals surface area contributed by atoms with Crippen LogP contribution in [-0.2, 0) is 11.2 Å². The molecular weight excluding hydrogens is 194 g/mol. The minimum absolute atomic E-state index is 0.118. The summed E-state index contributed by atoms with van der Waals surface area (Å²) in [5.41, 5.74) is 0.976. The van der Waals surface area contributed by atoms with Crippen molar-refractivity contribution in [2.45, 2.75) is 44.9 Å². The highest BCUT2D eigenvalue weighted by Crippen LogP contribution is 2.35. The highest BCUT2D eigenvalue weighted by molar-refractivity contribution is 5.68. The molecule has 0 amide bonds. The lowest BCUT2D eigenvalue weighted by Crippen LogP contribution is -2.01. The summed E-state index contributed by atoms with van der Waals surface area (Å²) < 4.78 is 5.35. The fraction of sp³-hybridized carbons (Fsp3) is 0.636. The van der Waals surface area contributed by atoms with E-state index in [-0.39, 0.29) is 6.42 Å². The van der Waals surface area contributed by atoms with Crippen molar-refractivity contribution in [3.8, 4) is 0 Å². The van der Waals surface area contributed by atoms with Crippen LogP contribution in [0.5, 0.6) is 0 Å². The number of rotatable bonds is 3. The molecule has 0 unspecified atom stereocenters. The SMILES string of the molecule is Cc1oc(CC(=O)O)nc1C1CCCC1. The van der Waals surface area contributed by atoms with Gasteiger partial charge in [-0.15, -0.1) is 0 Å². The van der Waals surface area contributed by atoms with Gasteiger partial charge in [0.1, 0.15) is 12.2 Å². The van der Waals surface area contributed by atoms with Gasteiger partial charge in [0.05, 0.1) is 5.69 Å². The van der Waals surface area contributed by atoms with Gasteiger partial charge in [0, 0.05) is 5.92 Å². The number of hydrogen-bond donors (Lipinski definition) is 1. The first kappa shape index (κ1) is 10.2. The predicted octanol–water partition coefficient (Wildman–Crippen LogP) is 2.27. The predicted molar refractivity (Wildman–Crippen MR) is 53.8 cm³/mol. The number of hydrogen-bond acceptors (Lipinski definition) is 3. The molecule has 1 aliphatic carbocycles. The third-order valence-electron chi connectivity index (χ3n) is 2.92. The largest absolute Gasteiger partial charge is 0.481 e. The van der Waals surface area contributed by atoms with Gasteiger partial charge in [-0.05, 0) is 19.8 Å². The van der Waals surface area contributed by atoms with Crippen LogP contribution in [0.4, 0.5) is 0 Å². The molecule has 0 saturated heterocycles. The molecule has 1 aromatic heterocycles. The van der Waals surface area contributed by atoms with E-state index < -0.39 is 5.97 Å². The first-order chi connectivity index (χ1) is 7.16. The Hall–Kier alpha value is -1.32. The molecule has 0 bridgehead atoms. The van der Waals surface area contributed by atoms with Gasteiger partial charge in [-0.2, -0.15) is 0 Å². The number of aromatic nitrogens is 1. The fourth-order valence-electron chi connectivity index (χ4n) is 2.25. The zero-order valence-electron chi connectivity index (χ0n) is 8.82. The van der Waals surface area contributed by atoms with Gasteiger partial charge in [-0.3, -0.25) is 4.79 Å². The van der Waals surface area contributed by atoms with E-state index >= 15 is 0 Å². The Balaban J connectivity index is 2.17. The van der Waals surface area contributed by atoms with Gasteiger partial charge in [-0.1, -0.05) is 12.8 Å². The number of aryl methyl sites for hydroxylation is 1. The van der Waals surface area contributed by atoms with Crippen LogP contribution in [-0.4, -0.2) is 16.1 Å². The molecule has 82 valence electrons. The van der Waals surface area contributed by atoms with E-state index in [0.29, 0.717) is 11.8 Å². The van der Waals surface area contributed by atoms with Gasteiger partial charge in [0.25, 0.3) is 0 Å². The van der Waals surface area contributed by atoms with Crippen molar-refractivity contribution >= 4 is 5.97 Å². The molecular formula is C11H15NO3. The van der Waals surface area contributed by atoms with Gasteiger partial charge in [-0.25, -0.2) is 4.98 Å². The maximum atomic E-state index is 10.5. The van der Waals surface area contributed by atoms with E-state index in [9.17, 15) is 4.79 Å². The lowest BCUT2D eigenvalue weighted by molar-refractivity contribution is -0.136. The number of carboxylic acid groups (broad SMARTS) is 1. The molecule has 2 rings (SSSR count). The van der Waals surface area contributed by atoms with E-state index in [1.165, 1.54) is 12.8 Å². The van der Waals surface area contributed by atoms with Crippen molar-refractivity contribution in [2.75, 3.05) is 0 Å².